The van der Waals surface area contributed by atoms with Crippen LogP contribution in [-0.4, -0.2) is 25.6 Å². The van der Waals surface area contributed by atoms with Crippen molar-refractivity contribution in [3.05, 3.63) is 29.6 Å². The molecule has 1 heterocycles. The molecule has 1 saturated carbocycles. The molecule has 22 heavy (non-hydrogen) atoms. The monoisotopic (exact) mass is 328 g/mol. The third-order valence-corrected chi connectivity index (χ3v) is 4.14. The van der Waals surface area contributed by atoms with Crippen LogP contribution in [0.25, 0.3) is 0 Å². The Kier molecular flexibility index (Phi) is 5.64. The topological polar surface area (TPSA) is 50.4 Å². The molecule has 1 saturated heterocycles. The molecule has 2 N–H and O–H groups in total. The van der Waals surface area contributed by atoms with Crippen LogP contribution in [0.15, 0.2) is 18.2 Å². The first-order valence-electron chi connectivity index (χ1n) is 7.57. The fraction of sp³-hybridized carbons (Fsp3) is 0.562. The lowest BCUT2D eigenvalue weighted by Gasteiger charge is -2.27. The molecule has 122 valence electrons. The van der Waals surface area contributed by atoms with Crippen LogP contribution >= 0.6 is 12.4 Å². The SMILES string of the molecule is CC(NC(=O)C1CNC1)c1ccc(OCC2CC2)c(F)c1.Cl. The van der Waals surface area contributed by atoms with Crippen LogP contribution < -0.4 is 15.4 Å². The maximum atomic E-state index is 14.0. The van der Waals surface area contributed by atoms with E-state index in [0.717, 1.165) is 18.7 Å². The van der Waals surface area contributed by atoms with Gasteiger partial charge in [-0.1, -0.05) is 6.07 Å². The zero-order chi connectivity index (χ0) is 14.8. The van der Waals surface area contributed by atoms with Crippen LogP contribution in [0.1, 0.15) is 31.4 Å². The summed E-state index contributed by atoms with van der Waals surface area (Å²) in [5.41, 5.74) is 0.756. The Hall–Kier alpha value is -1.33. The first-order valence-corrected chi connectivity index (χ1v) is 7.57. The molecule has 2 aliphatic rings. The summed E-state index contributed by atoms with van der Waals surface area (Å²) in [6.45, 7) is 3.91. The van der Waals surface area contributed by atoms with E-state index in [9.17, 15) is 9.18 Å². The number of carbonyl (C=O) groups excluding carboxylic acids is 1. The minimum Gasteiger partial charge on any atom is -0.490 e. The summed E-state index contributed by atoms with van der Waals surface area (Å²) in [6.07, 6.45) is 2.36. The molecule has 2 fully saturated rings. The third kappa shape index (κ3) is 4.11. The Morgan fingerprint density at radius 1 is 1.45 bits per heavy atom. The molecule has 0 bridgehead atoms. The highest BCUT2D eigenvalue weighted by atomic mass is 35.5. The highest BCUT2D eigenvalue weighted by Crippen LogP contribution is 2.30. The standard InChI is InChI=1S/C16H21FN2O2.ClH/c1-10(19-16(20)13-7-18-8-13)12-4-5-15(14(17)6-12)21-9-11-2-3-11;/h4-6,10-11,13,18H,2-3,7-9H2,1H3,(H,19,20);1H. The number of ether oxygens (including phenoxy) is 1. The van der Waals surface area contributed by atoms with Crippen molar-refractivity contribution in [1.29, 1.82) is 0 Å². The number of benzene rings is 1. The number of halogens is 2. The summed E-state index contributed by atoms with van der Waals surface area (Å²) in [7, 11) is 0. The summed E-state index contributed by atoms with van der Waals surface area (Å²) < 4.78 is 19.5. The minimum absolute atomic E-state index is 0. The summed E-state index contributed by atoms with van der Waals surface area (Å²) >= 11 is 0. The van der Waals surface area contributed by atoms with Crippen LogP contribution in [0.4, 0.5) is 4.39 Å². The van der Waals surface area contributed by atoms with Crippen molar-refractivity contribution >= 4 is 18.3 Å². The van der Waals surface area contributed by atoms with Crippen molar-refractivity contribution < 1.29 is 13.9 Å². The smallest absolute Gasteiger partial charge is 0.226 e. The van der Waals surface area contributed by atoms with E-state index in [-0.39, 0.29) is 36.1 Å². The zero-order valence-electron chi connectivity index (χ0n) is 12.6. The van der Waals surface area contributed by atoms with E-state index in [1.807, 2.05) is 13.0 Å². The van der Waals surface area contributed by atoms with E-state index in [1.165, 1.54) is 18.9 Å². The average molecular weight is 329 g/mol. The molecule has 0 aromatic heterocycles. The molecular formula is C16H22ClFN2O2. The van der Waals surface area contributed by atoms with Crippen molar-refractivity contribution in [2.45, 2.75) is 25.8 Å². The van der Waals surface area contributed by atoms with Crippen LogP contribution in [0.2, 0.25) is 0 Å². The van der Waals surface area contributed by atoms with Crippen molar-refractivity contribution in [3.8, 4) is 5.75 Å². The molecule has 6 heteroatoms. The van der Waals surface area contributed by atoms with Gasteiger partial charge in [0.2, 0.25) is 5.91 Å². The van der Waals surface area contributed by atoms with Gasteiger partial charge < -0.3 is 15.4 Å². The van der Waals surface area contributed by atoms with Gasteiger partial charge in [0.05, 0.1) is 18.6 Å². The second-order valence-corrected chi connectivity index (χ2v) is 6.03. The Morgan fingerprint density at radius 2 is 2.18 bits per heavy atom. The molecule has 0 spiro atoms. The Labute approximate surface area is 136 Å². The van der Waals surface area contributed by atoms with E-state index in [0.29, 0.717) is 18.3 Å². The molecule has 0 radical (unpaired) electrons. The summed E-state index contributed by atoms with van der Waals surface area (Å²) in [4.78, 5) is 11.9. The van der Waals surface area contributed by atoms with E-state index >= 15 is 0 Å². The highest BCUT2D eigenvalue weighted by Gasteiger charge is 2.26. The van der Waals surface area contributed by atoms with Gasteiger partial charge in [-0.2, -0.15) is 0 Å². The van der Waals surface area contributed by atoms with Crippen molar-refractivity contribution in [2.24, 2.45) is 11.8 Å². The summed E-state index contributed by atoms with van der Waals surface area (Å²) in [5, 5.41) is 5.98. The lowest BCUT2D eigenvalue weighted by Crippen LogP contribution is -2.51. The first kappa shape index (κ1) is 17.0. The number of hydrogen-bond donors (Lipinski definition) is 2. The van der Waals surface area contributed by atoms with E-state index in [2.05, 4.69) is 10.6 Å². The number of carbonyl (C=O) groups is 1. The van der Waals surface area contributed by atoms with Gasteiger partial charge in [-0.05, 0) is 43.4 Å². The van der Waals surface area contributed by atoms with Gasteiger partial charge in [0, 0.05) is 13.1 Å². The van der Waals surface area contributed by atoms with Crippen LogP contribution in [0.3, 0.4) is 0 Å². The predicted molar refractivity (Wildman–Crippen MR) is 84.8 cm³/mol. The van der Waals surface area contributed by atoms with Crippen LogP contribution in [-0.2, 0) is 4.79 Å². The Morgan fingerprint density at radius 3 is 2.73 bits per heavy atom. The number of amides is 1. The average Bonchev–Trinajstić information content (AvgIpc) is 3.19. The molecule has 3 rings (SSSR count). The van der Waals surface area contributed by atoms with Gasteiger partial charge in [-0.25, -0.2) is 4.39 Å². The maximum absolute atomic E-state index is 14.0. The molecule has 1 amide bonds. The van der Waals surface area contributed by atoms with Gasteiger partial charge in [0.1, 0.15) is 0 Å². The van der Waals surface area contributed by atoms with Crippen LogP contribution in [0, 0.1) is 17.7 Å². The maximum Gasteiger partial charge on any atom is 0.226 e. The number of hydrogen-bond acceptors (Lipinski definition) is 3. The van der Waals surface area contributed by atoms with Crippen molar-refractivity contribution in [3.63, 3.8) is 0 Å². The summed E-state index contributed by atoms with van der Waals surface area (Å²) in [5.74, 6) is 0.597. The van der Waals surface area contributed by atoms with Crippen LogP contribution in [0.5, 0.6) is 5.75 Å². The number of rotatable bonds is 6. The van der Waals surface area contributed by atoms with Gasteiger partial charge in [-0.3, -0.25) is 4.79 Å². The molecule has 1 unspecified atom stereocenters. The van der Waals surface area contributed by atoms with Gasteiger partial charge in [0.25, 0.3) is 0 Å². The Balaban J connectivity index is 0.00000176. The normalized spacial score (nSPS) is 18.8. The van der Waals surface area contributed by atoms with Gasteiger partial charge in [0.15, 0.2) is 11.6 Å². The fourth-order valence-electron chi connectivity index (χ4n) is 2.28. The minimum atomic E-state index is -0.362. The van der Waals surface area contributed by atoms with E-state index in [4.69, 9.17) is 4.74 Å². The molecule has 1 aromatic carbocycles. The fourth-order valence-corrected chi connectivity index (χ4v) is 2.28. The van der Waals surface area contributed by atoms with E-state index < -0.39 is 0 Å². The van der Waals surface area contributed by atoms with Crippen molar-refractivity contribution in [1.82, 2.24) is 10.6 Å². The van der Waals surface area contributed by atoms with Gasteiger partial charge in [-0.15, -0.1) is 12.4 Å². The predicted octanol–water partition coefficient (Wildman–Crippen LogP) is 2.43. The second-order valence-electron chi connectivity index (χ2n) is 6.03. The third-order valence-electron chi connectivity index (χ3n) is 4.14. The summed E-state index contributed by atoms with van der Waals surface area (Å²) in [6, 6.07) is 4.72. The Bertz CT molecular complexity index is 533. The largest absolute Gasteiger partial charge is 0.490 e. The zero-order valence-corrected chi connectivity index (χ0v) is 13.4. The van der Waals surface area contributed by atoms with Crippen molar-refractivity contribution in [2.75, 3.05) is 19.7 Å². The second kappa shape index (κ2) is 7.29. The molecule has 1 atom stereocenters. The first-order chi connectivity index (χ1) is 10.1. The van der Waals surface area contributed by atoms with E-state index in [1.54, 1.807) is 6.07 Å². The number of nitrogens with one attached hydrogen (secondary N) is 2. The molecule has 1 aromatic rings. The molecule has 4 nitrogen and oxygen atoms in total. The van der Waals surface area contributed by atoms with Gasteiger partial charge >= 0.3 is 0 Å². The molecular weight excluding hydrogens is 307 g/mol. The quantitative estimate of drug-likeness (QED) is 0.843. The molecule has 1 aliphatic heterocycles. The highest BCUT2D eigenvalue weighted by molar-refractivity contribution is 5.85. The lowest BCUT2D eigenvalue weighted by atomic mass is 10.0. The molecule has 1 aliphatic carbocycles. The lowest BCUT2D eigenvalue weighted by molar-refractivity contribution is -0.127.